The SMILES string of the molecule is CC(C)(C)c1ccccc1OCCCNC1CC1. The average molecular weight is 247 g/mol. The van der Waals surface area contributed by atoms with Gasteiger partial charge in [0.25, 0.3) is 0 Å². The van der Waals surface area contributed by atoms with Gasteiger partial charge >= 0.3 is 0 Å². The third-order valence-electron chi connectivity index (χ3n) is 3.28. The first-order valence-corrected chi connectivity index (χ1v) is 7.03. The van der Waals surface area contributed by atoms with E-state index >= 15 is 0 Å². The van der Waals surface area contributed by atoms with Crippen molar-refractivity contribution in [3.63, 3.8) is 0 Å². The average Bonchev–Trinajstić information content (AvgIpc) is 3.12. The summed E-state index contributed by atoms with van der Waals surface area (Å²) in [6, 6.07) is 9.17. The largest absolute Gasteiger partial charge is 0.493 e. The van der Waals surface area contributed by atoms with Gasteiger partial charge in [0, 0.05) is 6.04 Å². The fraction of sp³-hybridized carbons (Fsp3) is 0.625. The van der Waals surface area contributed by atoms with Crippen molar-refractivity contribution in [1.82, 2.24) is 5.32 Å². The van der Waals surface area contributed by atoms with Crippen molar-refractivity contribution in [1.29, 1.82) is 0 Å². The number of para-hydroxylation sites is 1. The maximum absolute atomic E-state index is 5.93. The normalized spacial score (nSPS) is 15.7. The van der Waals surface area contributed by atoms with E-state index in [1.165, 1.54) is 18.4 Å². The van der Waals surface area contributed by atoms with Crippen LogP contribution in [0, 0.1) is 0 Å². The second kappa shape index (κ2) is 5.75. The molecule has 0 aliphatic heterocycles. The van der Waals surface area contributed by atoms with Crippen LogP contribution in [-0.4, -0.2) is 19.2 Å². The molecule has 0 amide bonds. The summed E-state index contributed by atoms with van der Waals surface area (Å²) in [5.41, 5.74) is 1.43. The summed E-state index contributed by atoms with van der Waals surface area (Å²) in [4.78, 5) is 0. The molecule has 2 nitrogen and oxygen atoms in total. The maximum Gasteiger partial charge on any atom is 0.123 e. The molecule has 1 saturated carbocycles. The summed E-state index contributed by atoms with van der Waals surface area (Å²) >= 11 is 0. The highest BCUT2D eigenvalue weighted by atomic mass is 16.5. The molecule has 0 spiro atoms. The third kappa shape index (κ3) is 4.02. The zero-order valence-electron chi connectivity index (χ0n) is 11.8. The highest BCUT2D eigenvalue weighted by Gasteiger charge is 2.20. The predicted octanol–water partition coefficient (Wildman–Crippen LogP) is 3.51. The lowest BCUT2D eigenvalue weighted by atomic mass is 9.86. The van der Waals surface area contributed by atoms with Crippen LogP contribution in [0.5, 0.6) is 5.75 Å². The van der Waals surface area contributed by atoms with Crippen molar-refractivity contribution in [2.45, 2.75) is 51.5 Å². The van der Waals surface area contributed by atoms with Gasteiger partial charge in [-0.05, 0) is 42.9 Å². The van der Waals surface area contributed by atoms with Crippen molar-refractivity contribution in [2.75, 3.05) is 13.2 Å². The van der Waals surface area contributed by atoms with Crippen LogP contribution in [0.2, 0.25) is 0 Å². The molecule has 0 bridgehead atoms. The van der Waals surface area contributed by atoms with Crippen LogP contribution in [-0.2, 0) is 5.41 Å². The van der Waals surface area contributed by atoms with Crippen LogP contribution in [0.4, 0.5) is 0 Å². The lowest BCUT2D eigenvalue weighted by Gasteiger charge is -2.22. The molecular formula is C16H25NO. The highest BCUT2D eigenvalue weighted by Crippen LogP contribution is 2.30. The van der Waals surface area contributed by atoms with Gasteiger partial charge in [0.1, 0.15) is 5.75 Å². The van der Waals surface area contributed by atoms with Gasteiger partial charge < -0.3 is 10.1 Å². The Labute approximate surface area is 111 Å². The first kappa shape index (κ1) is 13.4. The van der Waals surface area contributed by atoms with Crippen LogP contribution >= 0.6 is 0 Å². The number of rotatable bonds is 6. The van der Waals surface area contributed by atoms with E-state index in [1.54, 1.807) is 0 Å². The molecule has 100 valence electrons. The first-order valence-electron chi connectivity index (χ1n) is 7.03. The molecule has 1 fully saturated rings. The number of nitrogens with one attached hydrogen (secondary N) is 1. The predicted molar refractivity (Wildman–Crippen MR) is 76.3 cm³/mol. The maximum atomic E-state index is 5.93. The molecule has 0 heterocycles. The first-order chi connectivity index (χ1) is 8.57. The third-order valence-corrected chi connectivity index (χ3v) is 3.28. The number of ether oxygens (including phenoxy) is 1. The van der Waals surface area contributed by atoms with Crippen molar-refractivity contribution >= 4 is 0 Å². The standard InChI is InChI=1S/C16H25NO/c1-16(2,3)14-7-4-5-8-15(14)18-12-6-11-17-13-9-10-13/h4-5,7-8,13,17H,6,9-12H2,1-3H3. The zero-order valence-corrected chi connectivity index (χ0v) is 11.8. The molecule has 1 aromatic rings. The Balaban J connectivity index is 1.80. The summed E-state index contributed by atoms with van der Waals surface area (Å²) in [6.45, 7) is 8.55. The van der Waals surface area contributed by atoms with Crippen LogP contribution in [0.25, 0.3) is 0 Å². The van der Waals surface area contributed by atoms with E-state index in [0.717, 1.165) is 31.4 Å². The van der Waals surface area contributed by atoms with E-state index in [1.807, 2.05) is 6.07 Å². The van der Waals surface area contributed by atoms with Crippen molar-refractivity contribution in [3.8, 4) is 5.75 Å². The molecular weight excluding hydrogens is 222 g/mol. The molecule has 18 heavy (non-hydrogen) atoms. The van der Waals surface area contributed by atoms with Crippen molar-refractivity contribution < 1.29 is 4.74 Å². The zero-order chi connectivity index (χ0) is 13.0. The lowest BCUT2D eigenvalue weighted by Crippen LogP contribution is -2.20. The number of benzene rings is 1. The van der Waals surface area contributed by atoms with E-state index in [4.69, 9.17) is 4.74 Å². The van der Waals surface area contributed by atoms with E-state index < -0.39 is 0 Å². The minimum Gasteiger partial charge on any atom is -0.493 e. The second-order valence-electron chi connectivity index (χ2n) is 6.18. The monoisotopic (exact) mass is 247 g/mol. The van der Waals surface area contributed by atoms with Gasteiger partial charge in [-0.3, -0.25) is 0 Å². The molecule has 0 saturated heterocycles. The molecule has 1 aliphatic rings. The van der Waals surface area contributed by atoms with E-state index in [0.29, 0.717) is 0 Å². The fourth-order valence-corrected chi connectivity index (χ4v) is 2.06. The Morgan fingerprint density at radius 3 is 2.61 bits per heavy atom. The van der Waals surface area contributed by atoms with Crippen molar-refractivity contribution in [3.05, 3.63) is 29.8 Å². The van der Waals surface area contributed by atoms with E-state index in [-0.39, 0.29) is 5.41 Å². The Morgan fingerprint density at radius 1 is 1.22 bits per heavy atom. The topological polar surface area (TPSA) is 21.3 Å². The summed E-state index contributed by atoms with van der Waals surface area (Å²) in [5.74, 6) is 1.04. The van der Waals surface area contributed by atoms with Crippen LogP contribution < -0.4 is 10.1 Å². The summed E-state index contributed by atoms with van der Waals surface area (Å²) in [5, 5.41) is 3.51. The van der Waals surface area contributed by atoms with Gasteiger partial charge in [-0.2, -0.15) is 0 Å². The van der Waals surface area contributed by atoms with E-state index in [9.17, 15) is 0 Å². The molecule has 0 aromatic heterocycles. The lowest BCUT2D eigenvalue weighted by molar-refractivity contribution is 0.300. The van der Waals surface area contributed by atoms with Gasteiger partial charge in [-0.15, -0.1) is 0 Å². The highest BCUT2D eigenvalue weighted by molar-refractivity contribution is 5.38. The second-order valence-corrected chi connectivity index (χ2v) is 6.18. The molecule has 1 aromatic carbocycles. The van der Waals surface area contributed by atoms with Gasteiger partial charge in [-0.1, -0.05) is 39.0 Å². The minimum absolute atomic E-state index is 0.142. The molecule has 0 unspecified atom stereocenters. The molecule has 2 heteroatoms. The Bertz CT molecular complexity index is 377. The minimum atomic E-state index is 0.142. The number of hydrogen-bond donors (Lipinski definition) is 1. The smallest absolute Gasteiger partial charge is 0.123 e. The van der Waals surface area contributed by atoms with Gasteiger partial charge in [-0.25, -0.2) is 0 Å². The Hall–Kier alpha value is -1.02. The fourth-order valence-electron chi connectivity index (χ4n) is 2.06. The van der Waals surface area contributed by atoms with Crippen LogP contribution in [0.1, 0.15) is 45.6 Å². The van der Waals surface area contributed by atoms with Crippen molar-refractivity contribution in [2.24, 2.45) is 0 Å². The van der Waals surface area contributed by atoms with Gasteiger partial charge in [0.15, 0.2) is 0 Å². The van der Waals surface area contributed by atoms with Crippen LogP contribution in [0.15, 0.2) is 24.3 Å². The summed E-state index contributed by atoms with van der Waals surface area (Å²) in [6.07, 6.45) is 3.79. The molecule has 1 aliphatic carbocycles. The molecule has 2 rings (SSSR count). The Morgan fingerprint density at radius 2 is 1.94 bits per heavy atom. The molecule has 0 atom stereocenters. The summed E-state index contributed by atoms with van der Waals surface area (Å²) in [7, 11) is 0. The quantitative estimate of drug-likeness (QED) is 0.777. The molecule has 0 radical (unpaired) electrons. The number of hydrogen-bond acceptors (Lipinski definition) is 2. The van der Waals surface area contributed by atoms with Crippen LogP contribution in [0.3, 0.4) is 0 Å². The van der Waals surface area contributed by atoms with Gasteiger partial charge in [0.2, 0.25) is 0 Å². The van der Waals surface area contributed by atoms with Gasteiger partial charge in [0.05, 0.1) is 6.61 Å². The Kier molecular flexibility index (Phi) is 4.28. The summed E-state index contributed by atoms with van der Waals surface area (Å²) < 4.78 is 5.93. The van der Waals surface area contributed by atoms with E-state index in [2.05, 4.69) is 44.3 Å². The molecule has 1 N–H and O–H groups in total.